The second-order valence-corrected chi connectivity index (χ2v) is 5.52. The van der Waals surface area contributed by atoms with Crippen molar-refractivity contribution in [2.75, 3.05) is 0 Å². The van der Waals surface area contributed by atoms with E-state index >= 15 is 0 Å². The molecule has 0 amide bonds. The average molecular weight is 250 g/mol. The van der Waals surface area contributed by atoms with Crippen LogP contribution in [0.1, 0.15) is 38.3 Å². The number of aliphatic hydroxyl groups is 1. The number of rotatable bonds is 1. The van der Waals surface area contributed by atoms with Crippen LogP contribution in [-0.2, 0) is 26.7 Å². The van der Waals surface area contributed by atoms with Crippen molar-refractivity contribution in [3.8, 4) is 0 Å². The Bertz CT molecular complexity index is 484. The summed E-state index contributed by atoms with van der Waals surface area (Å²) in [7, 11) is 0. The molecule has 2 atom stereocenters. The van der Waals surface area contributed by atoms with Gasteiger partial charge in [0.1, 0.15) is 5.60 Å². The third-order valence-electron chi connectivity index (χ3n) is 3.95. The molecule has 4 nitrogen and oxygen atoms in total. The maximum Gasteiger partial charge on any atom is 0.254 e. The first-order valence-corrected chi connectivity index (χ1v) is 6.30. The Balaban J connectivity index is 2.24. The molecule has 1 aromatic rings. The molecule has 0 saturated carbocycles. The zero-order chi connectivity index (χ0) is 13.0. The Labute approximate surface area is 106 Å². The molecular formula is C14H18O4. The Hall–Kier alpha value is -0.940. The quantitative estimate of drug-likeness (QED) is 0.777. The van der Waals surface area contributed by atoms with Crippen molar-refractivity contribution in [3.63, 3.8) is 0 Å². The minimum Gasteiger partial charge on any atom is -0.358 e. The monoisotopic (exact) mass is 250 g/mol. The van der Waals surface area contributed by atoms with Crippen molar-refractivity contribution < 1.29 is 19.6 Å². The normalized spacial score (nSPS) is 37.1. The molecule has 2 unspecified atom stereocenters. The summed E-state index contributed by atoms with van der Waals surface area (Å²) < 4.78 is 6.02. The van der Waals surface area contributed by atoms with Crippen molar-refractivity contribution in [2.24, 2.45) is 0 Å². The van der Waals surface area contributed by atoms with Gasteiger partial charge < -0.3 is 9.84 Å². The zero-order valence-electron chi connectivity index (χ0n) is 10.9. The number of hydrogen-bond donors (Lipinski definition) is 1. The minimum absolute atomic E-state index is 0.575. The fourth-order valence-corrected chi connectivity index (χ4v) is 2.77. The molecule has 1 N–H and O–H groups in total. The first kappa shape index (κ1) is 12.1. The fourth-order valence-electron chi connectivity index (χ4n) is 2.77. The van der Waals surface area contributed by atoms with Crippen LogP contribution in [0.5, 0.6) is 0 Å². The fraction of sp³-hybridized carbons (Fsp3) is 0.571. The topological polar surface area (TPSA) is 47.9 Å². The van der Waals surface area contributed by atoms with Gasteiger partial charge in [0.05, 0.1) is 0 Å². The molecule has 0 radical (unpaired) electrons. The Kier molecular flexibility index (Phi) is 2.38. The molecule has 0 aliphatic carbocycles. The van der Waals surface area contributed by atoms with Gasteiger partial charge in [0.25, 0.3) is 5.79 Å². The smallest absolute Gasteiger partial charge is 0.254 e. The molecule has 4 heteroatoms. The van der Waals surface area contributed by atoms with Gasteiger partial charge in [-0.2, -0.15) is 9.78 Å². The number of fused-ring (bicyclic) bond motifs is 2. The number of ether oxygens (including phenoxy) is 1. The highest BCUT2D eigenvalue weighted by Crippen LogP contribution is 2.51. The van der Waals surface area contributed by atoms with E-state index in [1.807, 2.05) is 45.0 Å². The molecule has 0 aromatic heterocycles. The summed E-state index contributed by atoms with van der Waals surface area (Å²) in [5, 5.41) is 10.8. The maximum absolute atomic E-state index is 10.8. The van der Waals surface area contributed by atoms with Gasteiger partial charge >= 0.3 is 0 Å². The van der Waals surface area contributed by atoms with Crippen LogP contribution < -0.4 is 0 Å². The standard InChI is InChI=1S/C14H18O4/c1-4-13-9-10-7-5-6-8-11(10)14(15,18-17-13)12(2,3)16-13/h5-8,15H,4,9H2,1-3H3. The summed E-state index contributed by atoms with van der Waals surface area (Å²) in [6.07, 6.45) is 1.23. The summed E-state index contributed by atoms with van der Waals surface area (Å²) >= 11 is 0. The summed E-state index contributed by atoms with van der Waals surface area (Å²) in [6, 6.07) is 7.67. The number of benzene rings is 1. The lowest BCUT2D eigenvalue weighted by Gasteiger charge is -2.48. The lowest BCUT2D eigenvalue weighted by atomic mass is 9.88. The summed E-state index contributed by atoms with van der Waals surface area (Å²) in [6.45, 7) is 5.63. The SMILES string of the molecule is CCC12Cc3ccccc3C(O)(OO1)C(C)(C)O2. The number of hydrogen-bond acceptors (Lipinski definition) is 4. The van der Waals surface area contributed by atoms with Gasteiger partial charge in [-0.15, -0.1) is 0 Å². The van der Waals surface area contributed by atoms with E-state index in [4.69, 9.17) is 14.5 Å². The van der Waals surface area contributed by atoms with Crippen LogP contribution in [0.3, 0.4) is 0 Å². The molecule has 3 heterocycles. The van der Waals surface area contributed by atoms with E-state index in [1.54, 1.807) is 0 Å². The molecule has 3 aliphatic rings. The van der Waals surface area contributed by atoms with Crippen molar-refractivity contribution in [2.45, 2.75) is 50.8 Å². The van der Waals surface area contributed by atoms with E-state index in [-0.39, 0.29) is 0 Å². The molecule has 1 aromatic carbocycles. The van der Waals surface area contributed by atoms with Gasteiger partial charge in [0, 0.05) is 18.4 Å². The molecule has 18 heavy (non-hydrogen) atoms. The lowest BCUT2D eigenvalue weighted by Crippen LogP contribution is -2.60. The highest BCUT2D eigenvalue weighted by atomic mass is 17.3. The van der Waals surface area contributed by atoms with Gasteiger partial charge in [-0.1, -0.05) is 31.2 Å². The van der Waals surface area contributed by atoms with Crippen LogP contribution in [0.25, 0.3) is 0 Å². The second kappa shape index (κ2) is 3.54. The van der Waals surface area contributed by atoms with E-state index < -0.39 is 17.2 Å². The van der Waals surface area contributed by atoms with Crippen LogP contribution in [0.15, 0.2) is 24.3 Å². The van der Waals surface area contributed by atoms with E-state index in [1.165, 1.54) is 0 Å². The van der Waals surface area contributed by atoms with Crippen LogP contribution in [0.2, 0.25) is 0 Å². The van der Waals surface area contributed by atoms with Gasteiger partial charge in [-0.05, 0) is 19.4 Å². The third kappa shape index (κ3) is 1.40. The summed E-state index contributed by atoms with van der Waals surface area (Å²) in [4.78, 5) is 10.7. The van der Waals surface area contributed by atoms with Crippen molar-refractivity contribution in [1.82, 2.24) is 0 Å². The molecule has 4 rings (SSSR count). The van der Waals surface area contributed by atoms with Gasteiger partial charge in [-0.25, -0.2) is 0 Å². The lowest BCUT2D eigenvalue weighted by molar-refractivity contribution is -0.584. The highest BCUT2D eigenvalue weighted by Gasteiger charge is 2.61. The van der Waals surface area contributed by atoms with Crippen LogP contribution in [0, 0.1) is 0 Å². The molecule has 0 spiro atoms. The maximum atomic E-state index is 10.8. The Morgan fingerprint density at radius 1 is 1.22 bits per heavy atom. The molecule has 1 saturated heterocycles. The van der Waals surface area contributed by atoms with E-state index in [2.05, 4.69) is 0 Å². The molecule has 2 bridgehead atoms. The van der Waals surface area contributed by atoms with E-state index in [0.29, 0.717) is 12.8 Å². The van der Waals surface area contributed by atoms with Gasteiger partial charge in [0.2, 0.25) is 5.79 Å². The van der Waals surface area contributed by atoms with E-state index in [9.17, 15) is 5.11 Å². The average Bonchev–Trinajstić information content (AvgIpc) is 2.50. The summed E-state index contributed by atoms with van der Waals surface area (Å²) in [5.74, 6) is -2.39. The predicted octanol–water partition coefficient (Wildman–Crippen LogP) is 2.25. The molecule has 1 fully saturated rings. The van der Waals surface area contributed by atoms with Crippen LogP contribution >= 0.6 is 0 Å². The first-order valence-electron chi connectivity index (χ1n) is 6.30. The Morgan fingerprint density at radius 3 is 2.61 bits per heavy atom. The first-order chi connectivity index (χ1) is 8.43. The van der Waals surface area contributed by atoms with Crippen molar-refractivity contribution in [3.05, 3.63) is 35.4 Å². The highest BCUT2D eigenvalue weighted by molar-refractivity contribution is 5.35. The minimum atomic E-state index is -1.57. The Morgan fingerprint density at radius 2 is 1.94 bits per heavy atom. The van der Waals surface area contributed by atoms with Crippen LogP contribution in [0.4, 0.5) is 0 Å². The second-order valence-electron chi connectivity index (χ2n) is 5.52. The van der Waals surface area contributed by atoms with E-state index in [0.717, 1.165) is 11.1 Å². The predicted molar refractivity (Wildman–Crippen MR) is 64.4 cm³/mol. The molecule has 3 aliphatic heterocycles. The van der Waals surface area contributed by atoms with Gasteiger partial charge in [0.15, 0.2) is 0 Å². The largest absolute Gasteiger partial charge is 0.358 e. The molecule has 98 valence electrons. The van der Waals surface area contributed by atoms with Crippen molar-refractivity contribution in [1.29, 1.82) is 0 Å². The van der Waals surface area contributed by atoms with Crippen molar-refractivity contribution >= 4 is 0 Å². The summed E-state index contributed by atoms with van der Waals surface area (Å²) in [5.41, 5.74) is 0.862. The van der Waals surface area contributed by atoms with Crippen LogP contribution in [-0.4, -0.2) is 16.5 Å². The zero-order valence-corrected chi connectivity index (χ0v) is 10.9. The third-order valence-corrected chi connectivity index (χ3v) is 3.95. The molecular weight excluding hydrogens is 232 g/mol. The van der Waals surface area contributed by atoms with Gasteiger partial charge in [-0.3, -0.25) is 0 Å².